The van der Waals surface area contributed by atoms with E-state index in [1.165, 1.54) is 0 Å². The number of hydrogen-bond acceptors (Lipinski definition) is 4. The number of ether oxygens (including phenoxy) is 1. The Bertz CT molecular complexity index is 787. The van der Waals surface area contributed by atoms with Crippen LogP contribution in [0.5, 0.6) is 5.75 Å². The second kappa shape index (κ2) is 8.68. The van der Waals surface area contributed by atoms with Crippen LogP contribution in [0.2, 0.25) is 0 Å². The van der Waals surface area contributed by atoms with Crippen LogP contribution >= 0.6 is 0 Å². The zero-order valence-electron chi connectivity index (χ0n) is 15.5. The van der Waals surface area contributed by atoms with Gasteiger partial charge in [-0.15, -0.1) is 0 Å². The van der Waals surface area contributed by atoms with Gasteiger partial charge in [0, 0.05) is 24.3 Å². The van der Waals surface area contributed by atoms with E-state index in [4.69, 9.17) is 10.5 Å². The minimum absolute atomic E-state index is 0.0618. The van der Waals surface area contributed by atoms with Crippen LogP contribution in [0.1, 0.15) is 28.8 Å². The summed E-state index contributed by atoms with van der Waals surface area (Å²) in [4.78, 5) is 26.0. The van der Waals surface area contributed by atoms with Gasteiger partial charge in [0.1, 0.15) is 5.75 Å². The summed E-state index contributed by atoms with van der Waals surface area (Å²) in [6.07, 6.45) is 1.85. The first kappa shape index (κ1) is 18.9. The zero-order chi connectivity index (χ0) is 19.2. The van der Waals surface area contributed by atoms with Crippen molar-refractivity contribution in [1.29, 1.82) is 0 Å². The van der Waals surface area contributed by atoms with Crippen molar-refractivity contribution in [1.82, 2.24) is 4.90 Å². The largest absolute Gasteiger partial charge is 0.497 e. The van der Waals surface area contributed by atoms with Gasteiger partial charge in [0.15, 0.2) is 0 Å². The minimum atomic E-state index is -0.217. The summed E-state index contributed by atoms with van der Waals surface area (Å²) >= 11 is 0. The standard InChI is InChI=1S/C21H25N3O3/c1-27-19-10-8-18(9-11-19)23-21(26)16-6-4-15(5-7-16)13-24-12-2-3-17(14-24)20(22)25/h4-11,17H,2-3,12-14H2,1H3,(H2,22,25)(H,23,26)/t17-/m1/s1. The molecule has 2 aromatic rings. The number of nitrogens with one attached hydrogen (secondary N) is 1. The topological polar surface area (TPSA) is 84.7 Å². The number of nitrogens with zero attached hydrogens (tertiary/aromatic N) is 1. The Labute approximate surface area is 159 Å². The molecule has 1 saturated heterocycles. The summed E-state index contributed by atoms with van der Waals surface area (Å²) in [5.41, 5.74) is 7.87. The van der Waals surface area contributed by atoms with Gasteiger partial charge in [0.05, 0.1) is 13.0 Å². The number of primary amides is 1. The third-order valence-corrected chi connectivity index (χ3v) is 4.88. The van der Waals surface area contributed by atoms with Gasteiger partial charge in [-0.3, -0.25) is 14.5 Å². The average molecular weight is 367 g/mol. The highest BCUT2D eigenvalue weighted by Gasteiger charge is 2.23. The van der Waals surface area contributed by atoms with Crippen LogP contribution in [0.4, 0.5) is 5.69 Å². The molecule has 2 amide bonds. The molecule has 0 radical (unpaired) electrons. The molecule has 1 fully saturated rings. The van der Waals surface area contributed by atoms with Gasteiger partial charge >= 0.3 is 0 Å². The van der Waals surface area contributed by atoms with E-state index in [0.717, 1.165) is 42.9 Å². The van der Waals surface area contributed by atoms with E-state index < -0.39 is 0 Å². The van der Waals surface area contributed by atoms with Crippen LogP contribution in [0.15, 0.2) is 48.5 Å². The third-order valence-electron chi connectivity index (χ3n) is 4.88. The van der Waals surface area contributed by atoms with Crippen molar-refractivity contribution < 1.29 is 14.3 Å². The van der Waals surface area contributed by atoms with Gasteiger partial charge in [-0.1, -0.05) is 12.1 Å². The van der Waals surface area contributed by atoms with E-state index in [9.17, 15) is 9.59 Å². The minimum Gasteiger partial charge on any atom is -0.497 e. The molecular formula is C21H25N3O3. The molecule has 27 heavy (non-hydrogen) atoms. The molecule has 0 aromatic heterocycles. The number of amides is 2. The van der Waals surface area contributed by atoms with Crippen LogP contribution < -0.4 is 15.8 Å². The lowest BCUT2D eigenvalue weighted by atomic mass is 9.97. The number of anilines is 1. The Morgan fingerprint density at radius 3 is 2.48 bits per heavy atom. The molecule has 6 heteroatoms. The molecule has 6 nitrogen and oxygen atoms in total. The zero-order valence-corrected chi connectivity index (χ0v) is 15.5. The summed E-state index contributed by atoms with van der Waals surface area (Å²) in [5, 5.41) is 2.87. The first-order valence-electron chi connectivity index (χ1n) is 9.11. The van der Waals surface area contributed by atoms with Crippen LogP contribution in [-0.4, -0.2) is 36.9 Å². The van der Waals surface area contributed by atoms with Crippen LogP contribution in [0.3, 0.4) is 0 Å². The van der Waals surface area contributed by atoms with Crippen molar-refractivity contribution >= 4 is 17.5 Å². The Hall–Kier alpha value is -2.86. The summed E-state index contributed by atoms with van der Waals surface area (Å²) in [7, 11) is 1.60. The summed E-state index contributed by atoms with van der Waals surface area (Å²) in [6, 6.07) is 14.8. The fraction of sp³-hybridized carbons (Fsp3) is 0.333. The van der Waals surface area contributed by atoms with Gasteiger partial charge in [0.2, 0.25) is 5.91 Å². The smallest absolute Gasteiger partial charge is 0.255 e. The van der Waals surface area contributed by atoms with Crippen molar-refractivity contribution in [3.8, 4) is 5.75 Å². The maximum atomic E-state index is 12.4. The highest BCUT2D eigenvalue weighted by molar-refractivity contribution is 6.04. The van der Waals surface area contributed by atoms with Gasteiger partial charge in [-0.2, -0.15) is 0 Å². The number of rotatable bonds is 6. The summed E-state index contributed by atoms with van der Waals surface area (Å²) in [5.74, 6) is 0.311. The number of hydrogen-bond donors (Lipinski definition) is 2. The van der Waals surface area contributed by atoms with Crippen LogP contribution in [-0.2, 0) is 11.3 Å². The maximum absolute atomic E-state index is 12.4. The number of carbonyl (C=O) groups is 2. The maximum Gasteiger partial charge on any atom is 0.255 e. The third kappa shape index (κ3) is 5.08. The Morgan fingerprint density at radius 1 is 1.15 bits per heavy atom. The van der Waals surface area contributed by atoms with Crippen LogP contribution in [0, 0.1) is 5.92 Å². The molecule has 0 spiro atoms. The average Bonchev–Trinajstić information content (AvgIpc) is 2.69. The van der Waals surface area contributed by atoms with Crippen molar-refractivity contribution in [2.45, 2.75) is 19.4 Å². The molecule has 1 aliphatic rings. The van der Waals surface area contributed by atoms with Gasteiger partial charge < -0.3 is 15.8 Å². The lowest BCUT2D eigenvalue weighted by Gasteiger charge is -2.31. The molecule has 3 rings (SSSR count). The van der Waals surface area contributed by atoms with Crippen molar-refractivity contribution in [3.05, 3.63) is 59.7 Å². The van der Waals surface area contributed by atoms with Crippen molar-refractivity contribution in [2.24, 2.45) is 11.7 Å². The van der Waals surface area contributed by atoms with E-state index in [2.05, 4.69) is 10.2 Å². The SMILES string of the molecule is COc1ccc(NC(=O)c2ccc(CN3CCC[C@@H](C(N)=O)C3)cc2)cc1. The Balaban J connectivity index is 1.57. The number of methoxy groups -OCH3 is 1. The van der Waals surface area contributed by atoms with Gasteiger partial charge in [-0.25, -0.2) is 0 Å². The molecule has 1 aliphatic heterocycles. The molecule has 0 unspecified atom stereocenters. The summed E-state index contributed by atoms with van der Waals surface area (Å²) in [6.45, 7) is 2.42. The molecule has 1 heterocycles. The van der Waals surface area contributed by atoms with Gasteiger partial charge in [0.25, 0.3) is 5.91 Å². The summed E-state index contributed by atoms with van der Waals surface area (Å²) < 4.78 is 5.11. The van der Waals surface area contributed by atoms with E-state index in [-0.39, 0.29) is 17.7 Å². The molecule has 1 atom stereocenters. The van der Waals surface area contributed by atoms with E-state index in [1.807, 2.05) is 24.3 Å². The lowest BCUT2D eigenvalue weighted by Crippen LogP contribution is -2.40. The number of likely N-dealkylation sites (tertiary alicyclic amines) is 1. The second-order valence-electron chi connectivity index (χ2n) is 6.86. The second-order valence-corrected chi connectivity index (χ2v) is 6.86. The first-order chi connectivity index (χ1) is 13.0. The van der Waals surface area contributed by atoms with Crippen LogP contribution in [0.25, 0.3) is 0 Å². The lowest BCUT2D eigenvalue weighted by molar-refractivity contribution is -0.123. The fourth-order valence-corrected chi connectivity index (χ4v) is 3.33. The van der Waals surface area contributed by atoms with Gasteiger partial charge in [-0.05, 0) is 61.3 Å². The number of piperidine rings is 1. The number of carbonyl (C=O) groups excluding carboxylic acids is 2. The highest BCUT2D eigenvalue weighted by atomic mass is 16.5. The molecular weight excluding hydrogens is 342 g/mol. The molecule has 0 aliphatic carbocycles. The Morgan fingerprint density at radius 2 is 1.85 bits per heavy atom. The predicted molar refractivity (Wildman–Crippen MR) is 105 cm³/mol. The number of nitrogens with two attached hydrogens (primary N) is 1. The molecule has 3 N–H and O–H groups in total. The first-order valence-corrected chi connectivity index (χ1v) is 9.11. The van der Waals surface area contributed by atoms with E-state index in [1.54, 1.807) is 31.4 Å². The molecule has 0 saturated carbocycles. The van der Waals surface area contributed by atoms with E-state index >= 15 is 0 Å². The molecule has 142 valence electrons. The van der Waals surface area contributed by atoms with E-state index in [0.29, 0.717) is 12.1 Å². The predicted octanol–water partition coefficient (Wildman–Crippen LogP) is 2.64. The molecule has 0 bridgehead atoms. The van der Waals surface area contributed by atoms with Crippen molar-refractivity contribution in [3.63, 3.8) is 0 Å². The number of benzene rings is 2. The fourth-order valence-electron chi connectivity index (χ4n) is 3.33. The Kier molecular flexibility index (Phi) is 6.08. The quantitative estimate of drug-likeness (QED) is 0.822. The monoisotopic (exact) mass is 367 g/mol. The van der Waals surface area contributed by atoms with Crippen molar-refractivity contribution in [2.75, 3.05) is 25.5 Å². The normalized spacial score (nSPS) is 17.3. The highest BCUT2D eigenvalue weighted by Crippen LogP contribution is 2.19. The molecule has 2 aromatic carbocycles.